The first-order valence-electron chi connectivity index (χ1n) is 6.07. The van der Waals surface area contributed by atoms with Gasteiger partial charge in [-0.05, 0) is 44.5 Å². The Kier molecular flexibility index (Phi) is 3.92. The second-order valence-electron chi connectivity index (χ2n) is 4.50. The number of aryl methyl sites for hydroxylation is 2. The summed E-state index contributed by atoms with van der Waals surface area (Å²) in [5, 5.41) is 3.54. The zero-order valence-electron chi connectivity index (χ0n) is 11.3. The summed E-state index contributed by atoms with van der Waals surface area (Å²) in [4.78, 5) is 2.70. The molecule has 0 aliphatic rings. The maximum absolute atomic E-state index is 5.26. The van der Waals surface area contributed by atoms with Crippen molar-refractivity contribution in [1.82, 2.24) is 0 Å². The molecule has 1 unspecified atom stereocenters. The lowest BCUT2D eigenvalue weighted by Gasteiger charge is -2.16. The van der Waals surface area contributed by atoms with E-state index in [1.54, 1.807) is 7.11 Å². The van der Waals surface area contributed by atoms with Crippen molar-refractivity contribution in [1.29, 1.82) is 0 Å². The van der Waals surface area contributed by atoms with Gasteiger partial charge in [0.1, 0.15) is 5.75 Å². The van der Waals surface area contributed by atoms with E-state index in [9.17, 15) is 0 Å². The Morgan fingerprint density at radius 1 is 1.17 bits per heavy atom. The smallest absolute Gasteiger partial charge is 0.120 e. The Morgan fingerprint density at radius 2 is 1.94 bits per heavy atom. The molecule has 0 saturated heterocycles. The summed E-state index contributed by atoms with van der Waals surface area (Å²) in [6.07, 6.45) is 0. The number of hydrogen-bond donors (Lipinski definition) is 1. The molecule has 2 nitrogen and oxygen atoms in total. The summed E-state index contributed by atoms with van der Waals surface area (Å²) in [7, 11) is 1.69. The van der Waals surface area contributed by atoms with E-state index >= 15 is 0 Å². The highest BCUT2D eigenvalue weighted by molar-refractivity contribution is 7.12. The fourth-order valence-electron chi connectivity index (χ4n) is 1.87. The lowest BCUT2D eigenvalue weighted by atomic mass is 10.1. The molecular formula is C15H19NOS. The van der Waals surface area contributed by atoms with Crippen molar-refractivity contribution in [2.75, 3.05) is 12.4 Å². The number of methoxy groups -OCH3 is 1. The van der Waals surface area contributed by atoms with E-state index in [2.05, 4.69) is 44.3 Å². The first-order chi connectivity index (χ1) is 8.60. The first-order valence-corrected chi connectivity index (χ1v) is 6.89. The predicted molar refractivity (Wildman–Crippen MR) is 78.8 cm³/mol. The summed E-state index contributed by atoms with van der Waals surface area (Å²) >= 11 is 1.84. The number of nitrogens with one attached hydrogen (secondary N) is 1. The number of hydrogen-bond acceptors (Lipinski definition) is 3. The van der Waals surface area contributed by atoms with Crippen molar-refractivity contribution in [3.63, 3.8) is 0 Å². The third-order valence-corrected chi connectivity index (χ3v) is 4.19. The average Bonchev–Trinajstić information content (AvgIpc) is 2.79. The third-order valence-electron chi connectivity index (χ3n) is 3.00. The van der Waals surface area contributed by atoms with E-state index in [-0.39, 0.29) is 0 Å². The Morgan fingerprint density at radius 3 is 2.56 bits per heavy atom. The molecule has 0 saturated carbocycles. The van der Waals surface area contributed by atoms with Gasteiger partial charge in [0.2, 0.25) is 0 Å². The van der Waals surface area contributed by atoms with Gasteiger partial charge < -0.3 is 10.1 Å². The van der Waals surface area contributed by atoms with E-state index in [0.29, 0.717) is 6.04 Å². The van der Waals surface area contributed by atoms with Crippen LogP contribution in [0.2, 0.25) is 0 Å². The van der Waals surface area contributed by atoms with E-state index in [1.807, 2.05) is 23.5 Å². The molecule has 96 valence electrons. The van der Waals surface area contributed by atoms with Crippen molar-refractivity contribution in [3.8, 4) is 5.75 Å². The zero-order valence-corrected chi connectivity index (χ0v) is 12.1. The Bertz CT molecular complexity index is 533. The van der Waals surface area contributed by atoms with Crippen molar-refractivity contribution in [2.24, 2.45) is 0 Å². The van der Waals surface area contributed by atoms with Gasteiger partial charge >= 0.3 is 0 Å². The fourth-order valence-corrected chi connectivity index (χ4v) is 2.75. The minimum atomic E-state index is 0.314. The van der Waals surface area contributed by atoms with Crippen LogP contribution in [-0.4, -0.2) is 7.11 Å². The number of ether oxygens (including phenoxy) is 1. The minimum Gasteiger partial charge on any atom is -0.497 e. The largest absolute Gasteiger partial charge is 0.497 e. The lowest BCUT2D eigenvalue weighted by Crippen LogP contribution is -2.06. The molecule has 0 amide bonds. The molecule has 2 rings (SSSR count). The van der Waals surface area contributed by atoms with E-state index in [0.717, 1.165) is 11.4 Å². The van der Waals surface area contributed by atoms with Crippen LogP contribution in [0.5, 0.6) is 5.75 Å². The molecule has 1 aromatic carbocycles. The van der Waals surface area contributed by atoms with E-state index in [1.165, 1.54) is 15.3 Å². The molecule has 2 aromatic rings. The number of rotatable bonds is 4. The Labute approximate surface area is 113 Å². The van der Waals surface area contributed by atoms with Crippen LogP contribution < -0.4 is 10.1 Å². The highest BCUT2D eigenvalue weighted by Crippen LogP contribution is 2.29. The quantitative estimate of drug-likeness (QED) is 0.872. The topological polar surface area (TPSA) is 21.3 Å². The maximum Gasteiger partial charge on any atom is 0.120 e. The molecule has 3 heteroatoms. The molecule has 0 bridgehead atoms. The number of anilines is 1. The molecule has 1 aromatic heterocycles. The summed E-state index contributed by atoms with van der Waals surface area (Å²) in [5.74, 6) is 0.887. The van der Waals surface area contributed by atoms with Gasteiger partial charge in [-0.3, -0.25) is 0 Å². The number of benzene rings is 1. The molecule has 18 heavy (non-hydrogen) atoms. The Balaban J connectivity index is 2.18. The van der Waals surface area contributed by atoms with E-state index in [4.69, 9.17) is 4.74 Å². The van der Waals surface area contributed by atoms with Crippen LogP contribution in [0, 0.1) is 13.8 Å². The highest BCUT2D eigenvalue weighted by Gasteiger charge is 2.09. The van der Waals surface area contributed by atoms with Crippen molar-refractivity contribution in [2.45, 2.75) is 26.8 Å². The maximum atomic E-state index is 5.26. The van der Waals surface area contributed by atoms with Crippen LogP contribution in [0.25, 0.3) is 0 Å². The second-order valence-corrected chi connectivity index (χ2v) is 5.81. The molecule has 1 heterocycles. The van der Waals surface area contributed by atoms with Gasteiger partial charge in [0.15, 0.2) is 0 Å². The van der Waals surface area contributed by atoms with Gasteiger partial charge in [-0.1, -0.05) is 6.07 Å². The molecule has 1 N–H and O–H groups in total. The van der Waals surface area contributed by atoms with Gasteiger partial charge in [-0.15, -0.1) is 11.3 Å². The third kappa shape index (κ3) is 2.85. The summed E-state index contributed by atoms with van der Waals surface area (Å²) in [6, 6.07) is 10.8. The molecule has 0 spiro atoms. The van der Waals surface area contributed by atoms with E-state index < -0.39 is 0 Å². The predicted octanol–water partition coefficient (Wildman–Crippen LogP) is 4.55. The lowest BCUT2D eigenvalue weighted by molar-refractivity contribution is 0.415. The van der Waals surface area contributed by atoms with Gasteiger partial charge in [-0.2, -0.15) is 0 Å². The molecule has 0 radical (unpaired) electrons. The van der Waals surface area contributed by atoms with Crippen LogP contribution in [0.15, 0.2) is 30.3 Å². The Hall–Kier alpha value is -1.48. The van der Waals surface area contributed by atoms with Gasteiger partial charge in [0, 0.05) is 21.5 Å². The van der Waals surface area contributed by atoms with Crippen LogP contribution in [0.1, 0.15) is 28.3 Å². The monoisotopic (exact) mass is 261 g/mol. The molecule has 1 atom stereocenters. The summed E-state index contributed by atoms with van der Waals surface area (Å²) in [5.41, 5.74) is 2.36. The van der Waals surface area contributed by atoms with Crippen LogP contribution in [0.3, 0.4) is 0 Å². The second kappa shape index (κ2) is 5.44. The molecule has 0 aliphatic heterocycles. The SMILES string of the molecule is COc1ccc(C)c(NC(C)c2ccc(C)s2)c1. The molecule has 0 fully saturated rings. The average molecular weight is 261 g/mol. The zero-order chi connectivity index (χ0) is 13.1. The van der Waals surface area contributed by atoms with Crippen LogP contribution >= 0.6 is 11.3 Å². The number of thiophene rings is 1. The summed E-state index contributed by atoms with van der Waals surface area (Å²) < 4.78 is 5.26. The van der Waals surface area contributed by atoms with Crippen molar-refractivity contribution < 1.29 is 4.74 Å². The first kappa shape index (κ1) is 13.0. The van der Waals surface area contributed by atoms with Gasteiger partial charge in [-0.25, -0.2) is 0 Å². The van der Waals surface area contributed by atoms with Crippen LogP contribution in [-0.2, 0) is 0 Å². The minimum absolute atomic E-state index is 0.314. The highest BCUT2D eigenvalue weighted by atomic mass is 32.1. The fraction of sp³-hybridized carbons (Fsp3) is 0.333. The normalized spacial score (nSPS) is 12.2. The standard InChI is InChI=1S/C15H19NOS/c1-10-5-7-13(17-4)9-14(10)16-12(3)15-8-6-11(2)18-15/h5-9,12,16H,1-4H3. The van der Waals surface area contributed by atoms with Gasteiger partial charge in [0.05, 0.1) is 13.2 Å². The van der Waals surface area contributed by atoms with Crippen LogP contribution in [0.4, 0.5) is 5.69 Å². The van der Waals surface area contributed by atoms with Crippen molar-refractivity contribution >= 4 is 17.0 Å². The molecule has 0 aliphatic carbocycles. The van der Waals surface area contributed by atoms with Gasteiger partial charge in [0.25, 0.3) is 0 Å². The summed E-state index contributed by atoms with van der Waals surface area (Å²) in [6.45, 7) is 6.43. The van der Waals surface area contributed by atoms with Crippen molar-refractivity contribution in [3.05, 3.63) is 45.6 Å². The molecular weight excluding hydrogens is 242 g/mol.